The summed E-state index contributed by atoms with van der Waals surface area (Å²) >= 11 is 0. The highest BCUT2D eigenvalue weighted by Crippen LogP contribution is 2.27. The first-order chi connectivity index (χ1) is 11.9. The molecule has 0 saturated heterocycles. The lowest BCUT2D eigenvalue weighted by molar-refractivity contribution is -0.385. The highest BCUT2D eigenvalue weighted by molar-refractivity contribution is 5.87. The molecule has 10 heteroatoms. The van der Waals surface area contributed by atoms with E-state index in [1.54, 1.807) is 6.07 Å². The molecule has 2 aromatic carbocycles. The number of carbonyl (C=O) groups is 1. The zero-order chi connectivity index (χ0) is 18.4. The van der Waals surface area contributed by atoms with Crippen LogP contribution in [0.4, 0.5) is 11.4 Å². The summed E-state index contributed by atoms with van der Waals surface area (Å²) in [5, 5.41) is 34.9. The summed E-state index contributed by atoms with van der Waals surface area (Å²) in [4.78, 5) is 32.1. The Hall–Kier alpha value is -3.82. The van der Waals surface area contributed by atoms with Gasteiger partial charge in [-0.05, 0) is 6.07 Å². The number of phenolic OH excluding ortho intramolecular Hbond substituents is 1. The maximum Gasteiger partial charge on any atom is 0.311 e. The van der Waals surface area contributed by atoms with Crippen LogP contribution >= 0.6 is 0 Å². The lowest BCUT2D eigenvalue weighted by Crippen LogP contribution is -2.20. The van der Waals surface area contributed by atoms with Gasteiger partial charge in [-0.3, -0.25) is 25.0 Å². The third-order valence-electron chi connectivity index (χ3n) is 3.17. The van der Waals surface area contributed by atoms with Gasteiger partial charge in [0.05, 0.1) is 22.5 Å². The number of nitrogens with zero attached hydrogens (tertiary/aromatic N) is 3. The van der Waals surface area contributed by atoms with Crippen LogP contribution in [0.25, 0.3) is 0 Å². The Morgan fingerprint density at radius 2 is 1.72 bits per heavy atom. The Labute approximate surface area is 140 Å². The van der Waals surface area contributed by atoms with E-state index in [-0.39, 0.29) is 23.2 Å². The number of hydrogen-bond donors (Lipinski definition) is 2. The highest BCUT2D eigenvalue weighted by Gasteiger charge is 2.16. The Kier molecular flexibility index (Phi) is 5.36. The number of aromatic hydroxyl groups is 1. The van der Waals surface area contributed by atoms with Gasteiger partial charge in [0.15, 0.2) is 0 Å². The van der Waals surface area contributed by atoms with Crippen LogP contribution in [-0.4, -0.2) is 27.1 Å². The average Bonchev–Trinajstić information content (AvgIpc) is 2.56. The molecule has 1 amide bonds. The van der Waals surface area contributed by atoms with Gasteiger partial charge in [0.25, 0.3) is 5.69 Å². The van der Waals surface area contributed by atoms with Crippen molar-refractivity contribution in [2.75, 3.05) is 0 Å². The molecule has 0 spiro atoms. The molecule has 0 aliphatic heterocycles. The van der Waals surface area contributed by atoms with Gasteiger partial charge >= 0.3 is 5.69 Å². The number of nitro groups is 2. The molecule has 0 unspecified atom stereocenters. The smallest absolute Gasteiger partial charge is 0.311 e. The molecule has 0 aliphatic carbocycles. The Morgan fingerprint density at radius 1 is 1.08 bits per heavy atom. The van der Waals surface area contributed by atoms with E-state index in [4.69, 9.17) is 0 Å². The molecule has 0 atom stereocenters. The predicted octanol–water partition coefficient (Wildman–Crippen LogP) is 1.90. The van der Waals surface area contributed by atoms with Crippen LogP contribution in [0.3, 0.4) is 0 Å². The third-order valence-corrected chi connectivity index (χ3v) is 3.17. The lowest BCUT2D eigenvalue weighted by atomic mass is 10.1. The summed E-state index contributed by atoms with van der Waals surface area (Å²) in [6.07, 6.45) is 0.773. The van der Waals surface area contributed by atoms with E-state index in [0.717, 1.165) is 12.3 Å². The van der Waals surface area contributed by atoms with E-state index in [0.29, 0.717) is 0 Å². The van der Waals surface area contributed by atoms with Crippen molar-refractivity contribution in [3.8, 4) is 5.75 Å². The number of benzene rings is 2. The average molecular weight is 344 g/mol. The Bertz CT molecular complexity index is 865. The Balaban J connectivity index is 2.06. The molecule has 0 bridgehead atoms. The number of para-hydroxylation sites is 2. The van der Waals surface area contributed by atoms with E-state index in [1.807, 2.05) is 0 Å². The molecule has 0 aromatic heterocycles. The monoisotopic (exact) mass is 344 g/mol. The Morgan fingerprint density at radius 3 is 2.40 bits per heavy atom. The molecular weight excluding hydrogens is 332 g/mol. The fourth-order valence-electron chi connectivity index (χ4n) is 2.02. The van der Waals surface area contributed by atoms with Crippen molar-refractivity contribution in [1.29, 1.82) is 0 Å². The first-order valence-electron chi connectivity index (χ1n) is 6.90. The number of hydrogen-bond acceptors (Lipinski definition) is 7. The van der Waals surface area contributed by atoms with Crippen molar-refractivity contribution < 1.29 is 19.7 Å². The molecule has 0 radical (unpaired) electrons. The van der Waals surface area contributed by atoms with E-state index in [9.17, 15) is 30.1 Å². The highest BCUT2D eigenvalue weighted by atomic mass is 16.6. The fraction of sp³-hybridized carbons (Fsp3) is 0.0667. The minimum Gasteiger partial charge on any atom is -0.502 e. The molecule has 2 rings (SSSR count). The molecular formula is C15H12N4O6. The summed E-state index contributed by atoms with van der Waals surface area (Å²) in [7, 11) is 0. The number of amides is 1. The van der Waals surface area contributed by atoms with Gasteiger partial charge in [0.1, 0.15) is 0 Å². The van der Waals surface area contributed by atoms with Gasteiger partial charge in [0.2, 0.25) is 11.7 Å². The molecule has 10 nitrogen and oxygen atoms in total. The maximum absolute atomic E-state index is 11.8. The molecule has 2 N–H and O–H groups in total. The fourth-order valence-corrected chi connectivity index (χ4v) is 2.02. The molecule has 0 fully saturated rings. The summed E-state index contributed by atoms with van der Waals surface area (Å²) in [6.45, 7) is 0. The van der Waals surface area contributed by atoms with Crippen molar-refractivity contribution in [3.05, 3.63) is 73.8 Å². The van der Waals surface area contributed by atoms with E-state index in [2.05, 4.69) is 10.5 Å². The van der Waals surface area contributed by atoms with E-state index >= 15 is 0 Å². The van der Waals surface area contributed by atoms with Crippen LogP contribution in [-0.2, 0) is 11.2 Å². The quantitative estimate of drug-likeness (QED) is 0.464. The SMILES string of the molecule is O=C(Cc1ccccc1[N+](=O)[O-])NN=Cc1cccc([N+](=O)[O-])c1O. The van der Waals surface area contributed by atoms with Crippen molar-refractivity contribution in [2.24, 2.45) is 5.10 Å². The largest absolute Gasteiger partial charge is 0.502 e. The van der Waals surface area contributed by atoms with Crippen molar-refractivity contribution in [1.82, 2.24) is 5.43 Å². The van der Waals surface area contributed by atoms with Gasteiger partial charge in [-0.2, -0.15) is 5.10 Å². The summed E-state index contributed by atoms with van der Waals surface area (Å²) in [6, 6.07) is 9.65. The zero-order valence-electron chi connectivity index (χ0n) is 12.7. The standard InChI is InChI=1S/C15H12N4O6/c20-14(8-10-4-1-2-6-12(10)18(22)23)17-16-9-11-5-3-7-13(15(11)21)19(24)25/h1-7,9,21H,8H2,(H,17,20). The van der Waals surface area contributed by atoms with Crippen LogP contribution < -0.4 is 5.43 Å². The second kappa shape index (κ2) is 7.64. The molecule has 2 aromatic rings. The van der Waals surface area contributed by atoms with Crippen LogP contribution in [0, 0.1) is 20.2 Å². The first-order valence-corrected chi connectivity index (χ1v) is 6.90. The van der Waals surface area contributed by atoms with Crippen molar-refractivity contribution >= 4 is 23.5 Å². The van der Waals surface area contributed by atoms with Crippen LogP contribution in [0.2, 0.25) is 0 Å². The second-order valence-corrected chi connectivity index (χ2v) is 4.83. The molecule has 128 valence electrons. The minimum atomic E-state index is -0.750. The van der Waals surface area contributed by atoms with E-state index in [1.165, 1.54) is 30.3 Å². The van der Waals surface area contributed by atoms with Crippen molar-refractivity contribution in [2.45, 2.75) is 6.42 Å². The molecule has 0 aliphatic rings. The number of hydrazone groups is 1. The molecule has 0 heterocycles. The van der Waals surface area contributed by atoms with Gasteiger partial charge in [0, 0.05) is 23.3 Å². The normalized spacial score (nSPS) is 10.6. The molecule has 25 heavy (non-hydrogen) atoms. The zero-order valence-corrected chi connectivity index (χ0v) is 12.7. The van der Waals surface area contributed by atoms with E-state index < -0.39 is 27.2 Å². The molecule has 0 saturated carbocycles. The van der Waals surface area contributed by atoms with Gasteiger partial charge in [-0.15, -0.1) is 0 Å². The number of carbonyl (C=O) groups excluding carboxylic acids is 1. The maximum atomic E-state index is 11.8. The first kappa shape index (κ1) is 17.5. The minimum absolute atomic E-state index is 0.0418. The number of phenols is 1. The van der Waals surface area contributed by atoms with Crippen LogP contribution in [0.15, 0.2) is 47.6 Å². The summed E-state index contributed by atoms with van der Waals surface area (Å²) < 4.78 is 0. The topological polar surface area (TPSA) is 148 Å². The lowest BCUT2D eigenvalue weighted by Gasteiger charge is -2.02. The van der Waals surface area contributed by atoms with Gasteiger partial charge in [-0.25, -0.2) is 5.43 Å². The van der Waals surface area contributed by atoms with Crippen LogP contribution in [0.5, 0.6) is 5.75 Å². The number of nitrogens with one attached hydrogen (secondary N) is 1. The summed E-state index contributed by atoms with van der Waals surface area (Å²) in [5.74, 6) is -1.19. The predicted molar refractivity (Wildman–Crippen MR) is 87.3 cm³/mol. The third kappa shape index (κ3) is 4.34. The second-order valence-electron chi connectivity index (χ2n) is 4.83. The van der Waals surface area contributed by atoms with Crippen LogP contribution in [0.1, 0.15) is 11.1 Å². The number of nitro benzene ring substituents is 2. The van der Waals surface area contributed by atoms with Gasteiger partial charge < -0.3 is 5.11 Å². The summed E-state index contributed by atoms with van der Waals surface area (Å²) in [5.41, 5.74) is 1.74. The van der Waals surface area contributed by atoms with Gasteiger partial charge in [-0.1, -0.05) is 24.3 Å². The number of rotatable bonds is 6. The van der Waals surface area contributed by atoms with Crippen molar-refractivity contribution in [3.63, 3.8) is 0 Å².